The first kappa shape index (κ1) is 7.45. The molecule has 2 aromatic heterocycles. The average molecular weight is 184 g/mol. The van der Waals surface area contributed by atoms with Crippen LogP contribution in [0.1, 0.15) is 5.82 Å². The highest BCUT2D eigenvalue weighted by Crippen LogP contribution is 2.06. The van der Waals surface area contributed by atoms with Crippen molar-refractivity contribution in [3.63, 3.8) is 0 Å². The molecule has 2 rings (SSSR count). The van der Waals surface area contributed by atoms with Crippen molar-refractivity contribution >= 4 is 17.4 Å². The minimum absolute atomic E-state index is 0.338. The molecule has 0 atom stereocenters. The van der Waals surface area contributed by atoms with Crippen molar-refractivity contribution in [1.82, 2.24) is 19.6 Å². The van der Waals surface area contributed by atoms with E-state index in [0.717, 1.165) is 0 Å². The van der Waals surface area contributed by atoms with Crippen LogP contribution in [0.15, 0.2) is 12.3 Å². The van der Waals surface area contributed by atoms with Crippen molar-refractivity contribution in [1.29, 1.82) is 0 Å². The molecule has 0 fully saturated rings. The van der Waals surface area contributed by atoms with E-state index < -0.39 is 0 Å². The summed E-state index contributed by atoms with van der Waals surface area (Å²) in [5.41, 5.74) is 5.41. The minimum atomic E-state index is 0.338. The summed E-state index contributed by atoms with van der Waals surface area (Å²) in [6.07, 6.45) is 1.74. The zero-order valence-electron chi connectivity index (χ0n) is 6.11. The topological polar surface area (TPSA) is 69.1 Å². The van der Waals surface area contributed by atoms with Gasteiger partial charge in [0, 0.05) is 6.20 Å². The number of fused-ring (bicyclic) bond motifs is 1. The molecule has 0 unspecified atom stereocenters. The maximum absolute atomic E-state index is 5.65. The Morgan fingerprint density at radius 1 is 1.50 bits per heavy atom. The van der Waals surface area contributed by atoms with Gasteiger partial charge in [-0.15, -0.1) is 10.2 Å². The van der Waals surface area contributed by atoms with Crippen molar-refractivity contribution < 1.29 is 0 Å². The van der Waals surface area contributed by atoms with Crippen LogP contribution in [0.2, 0.25) is 5.15 Å². The Morgan fingerprint density at radius 2 is 2.33 bits per heavy atom. The highest BCUT2D eigenvalue weighted by molar-refractivity contribution is 6.29. The highest BCUT2D eigenvalue weighted by Gasteiger charge is 2.03. The molecule has 5 nitrogen and oxygen atoms in total. The number of hydrogen-bond acceptors (Lipinski definition) is 4. The molecule has 2 N–H and O–H groups in total. The van der Waals surface area contributed by atoms with Crippen LogP contribution in [-0.2, 0) is 6.54 Å². The van der Waals surface area contributed by atoms with E-state index in [0.29, 0.717) is 23.3 Å². The fourth-order valence-corrected chi connectivity index (χ4v) is 1.08. The van der Waals surface area contributed by atoms with Crippen molar-refractivity contribution in [3.05, 3.63) is 23.2 Å². The van der Waals surface area contributed by atoms with Crippen LogP contribution in [-0.4, -0.2) is 19.6 Å². The fraction of sp³-hybridized carbons (Fsp3) is 0.167. The molecule has 0 saturated heterocycles. The number of nitrogens with two attached hydrogens (primary N) is 1. The van der Waals surface area contributed by atoms with E-state index in [9.17, 15) is 0 Å². The van der Waals surface area contributed by atoms with Crippen molar-refractivity contribution in [2.24, 2.45) is 5.73 Å². The zero-order valence-corrected chi connectivity index (χ0v) is 6.86. The predicted octanol–water partition coefficient (Wildman–Crippen LogP) is 0.236. The molecule has 0 aliphatic carbocycles. The molecule has 0 saturated carbocycles. The molecule has 0 aromatic carbocycles. The normalized spacial score (nSPS) is 10.8. The first-order chi connectivity index (χ1) is 5.81. The summed E-state index contributed by atoms with van der Waals surface area (Å²) in [6.45, 7) is 0.338. The van der Waals surface area contributed by atoms with Gasteiger partial charge in [0.25, 0.3) is 5.78 Å². The molecular formula is C6H6ClN5. The van der Waals surface area contributed by atoms with E-state index >= 15 is 0 Å². The Balaban J connectivity index is 2.73. The Hall–Kier alpha value is -1.20. The quantitative estimate of drug-likeness (QED) is 0.643. The lowest BCUT2D eigenvalue weighted by molar-refractivity contribution is 0.881. The van der Waals surface area contributed by atoms with Crippen LogP contribution >= 0.6 is 11.6 Å². The van der Waals surface area contributed by atoms with Gasteiger partial charge in [0.1, 0.15) is 5.15 Å². The minimum Gasteiger partial charge on any atom is -0.324 e. The molecular weight excluding hydrogens is 178 g/mol. The SMILES string of the molecule is NCc1nnc2nc(Cl)ccn12. The molecule has 0 aliphatic rings. The maximum Gasteiger partial charge on any atom is 0.256 e. The van der Waals surface area contributed by atoms with Crippen LogP contribution in [0.25, 0.3) is 5.78 Å². The van der Waals surface area contributed by atoms with E-state index in [4.69, 9.17) is 17.3 Å². The van der Waals surface area contributed by atoms with Gasteiger partial charge in [0.15, 0.2) is 5.82 Å². The Labute approximate surface area is 73.2 Å². The van der Waals surface area contributed by atoms with E-state index in [1.165, 1.54) is 0 Å². The molecule has 12 heavy (non-hydrogen) atoms. The summed E-state index contributed by atoms with van der Waals surface area (Å²) < 4.78 is 1.70. The van der Waals surface area contributed by atoms with Gasteiger partial charge in [-0.3, -0.25) is 4.40 Å². The molecule has 0 bridgehead atoms. The lowest BCUT2D eigenvalue weighted by Gasteiger charge is -1.94. The Morgan fingerprint density at radius 3 is 3.08 bits per heavy atom. The Bertz CT molecular complexity index is 409. The smallest absolute Gasteiger partial charge is 0.256 e. The van der Waals surface area contributed by atoms with Gasteiger partial charge in [-0.2, -0.15) is 4.98 Å². The molecule has 0 aliphatic heterocycles. The van der Waals surface area contributed by atoms with Gasteiger partial charge in [0.05, 0.1) is 6.54 Å². The van der Waals surface area contributed by atoms with E-state index in [1.807, 2.05) is 0 Å². The second kappa shape index (κ2) is 2.69. The van der Waals surface area contributed by atoms with Crippen LogP contribution in [0, 0.1) is 0 Å². The summed E-state index contributed by atoms with van der Waals surface area (Å²) in [6, 6.07) is 1.66. The second-order valence-corrected chi connectivity index (χ2v) is 2.63. The first-order valence-electron chi connectivity index (χ1n) is 3.37. The third-order valence-electron chi connectivity index (χ3n) is 1.50. The fourth-order valence-electron chi connectivity index (χ4n) is 0.951. The van der Waals surface area contributed by atoms with Gasteiger partial charge in [-0.25, -0.2) is 0 Å². The number of halogens is 1. The lowest BCUT2D eigenvalue weighted by Crippen LogP contribution is -2.02. The molecule has 6 heteroatoms. The van der Waals surface area contributed by atoms with Crippen molar-refractivity contribution in [3.8, 4) is 0 Å². The Kier molecular flexibility index (Phi) is 1.67. The van der Waals surface area contributed by atoms with Gasteiger partial charge >= 0.3 is 0 Å². The third-order valence-corrected chi connectivity index (χ3v) is 1.71. The average Bonchev–Trinajstić information content (AvgIpc) is 2.46. The molecule has 2 heterocycles. The lowest BCUT2D eigenvalue weighted by atomic mass is 10.6. The molecule has 0 radical (unpaired) electrons. The number of rotatable bonds is 1. The standard InChI is InChI=1S/C6H6ClN5/c7-4-1-2-12-5(3-8)10-11-6(12)9-4/h1-2H,3,8H2. The van der Waals surface area contributed by atoms with Crippen molar-refractivity contribution in [2.75, 3.05) is 0 Å². The van der Waals surface area contributed by atoms with E-state index in [2.05, 4.69) is 15.2 Å². The van der Waals surface area contributed by atoms with Gasteiger partial charge in [-0.1, -0.05) is 11.6 Å². The van der Waals surface area contributed by atoms with Gasteiger partial charge in [-0.05, 0) is 6.07 Å². The summed E-state index contributed by atoms with van der Waals surface area (Å²) in [4.78, 5) is 3.94. The summed E-state index contributed by atoms with van der Waals surface area (Å²) in [7, 11) is 0. The maximum atomic E-state index is 5.65. The summed E-state index contributed by atoms with van der Waals surface area (Å²) in [5.74, 6) is 1.15. The third kappa shape index (κ3) is 1.03. The van der Waals surface area contributed by atoms with E-state index in [-0.39, 0.29) is 0 Å². The molecule has 0 spiro atoms. The van der Waals surface area contributed by atoms with Gasteiger partial charge in [0.2, 0.25) is 0 Å². The summed E-state index contributed by atoms with van der Waals surface area (Å²) in [5, 5.41) is 8.01. The first-order valence-corrected chi connectivity index (χ1v) is 3.75. The van der Waals surface area contributed by atoms with Crippen LogP contribution in [0.3, 0.4) is 0 Å². The van der Waals surface area contributed by atoms with Crippen LogP contribution in [0.4, 0.5) is 0 Å². The van der Waals surface area contributed by atoms with Crippen LogP contribution < -0.4 is 5.73 Å². The number of aromatic nitrogens is 4. The van der Waals surface area contributed by atoms with Crippen molar-refractivity contribution in [2.45, 2.75) is 6.54 Å². The van der Waals surface area contributed by atoms with Crippen LogP contribution in [0.5, 0.6) is 0 Å². The number of nitrogens with zero attached hydrogens (tertiary/aromatic N) is 4. The highest BCUT2D eigenvalue weighted by atomic mass is 35.5. The zero-order chi connectivity index (χ0) is 8.55. The second-order valence-electron chi connectivity index (χ2n) is 2.24. The molecule has 0 amide bonds. The molecule has 62 valence electrons. The van der Waals surface area contributed by atoms with Gasteiger partial charge < -0.3 is 5.73 Å². The van der Waals surface area contributed by atoms with E-state index in [1.54, 1.807) is 16.7 Å². The number of hydrogen-bond donors (Lipinski definition) is 1. The monoisotopic (exact) mass is 183 g/mol. The predicted molar refractivity (Wildman–Crippen MR) is 43.7 cm³/mol. The summed E-state index contributed by atoms with van der Waals surface area (Å²) >= 11 is 5.65. The molecule has 2 aromatic rings. The largest absolute Gasteiger partial charge is 0.324 e.